The summed E-state index contributed by atoms with van der Waals surface area (Å²) in [5.74, 6) is -0.598. The third-order valence-electron chi connectivity index (χ3n) is 3.45. The van der Waals surface area contributed by atoms with Crippen molar-refractivity contribution >= 4 is 5.91 Å². The number of amides is 1. The minimum Gasteiger partial charge on any atom is -0.377 e. The molecule has 22 heavy (non-hydrogen) atoms. The summed E-state index contributed by atoms with van der Waals surface area (Å²) < 4.78 is 5.73. The molecule has 0 radical (unpaired) electrons. The molecule has 0 saturated carbocycles. The number of primary amides is 1. The Kier molecular flexibility index (Phi) is 6.09. The van der Waals surface area contributed by atoms with Gasteiger partial charge in [-0.2, -0.15) is 15.4 Å². The number of rotatable bonds is 9. The minimum absolute atomic E-state index is 0.149. The van der Waals surface area contributed by atoms with Crippen LogP contribution >= 0.6 is 0 Å². The first-order chi connectivity index (χ1) is 10.7. The second-order valence-electron chi connectivity index (χ2n) is 5.16. The van der Waals surface area contributed by atoms with Crippen LogP contribution < -0.4 is 5.73 Å². The second-order valence-corrected chi connectivity index (χ2v) is 5.16. The molecule has 2 aromatic rings. The van der Waals surface area contributed by atoms with E-state index in [0.29, 0.717) is 12.3 Å². The fraction of sp³-hybridized carbons (Fsp3) is 0.438. The zero-order valence-electron chi connectivity index (χ0n) is 12.8. The predicted molar refractivity (Wildman–Crippen MR) is 84.1 cm³/mol. The lowest BCUT2D eigenvalue weighted by Gasteiger charge is -2.09. The van der Waals surface area contributed by atoms with Crippen LogP contribution in [0.25, 0.3) is 11.3 Å². The number of nitrogens with two attached hydrogens (primary N) is 1. The third-order valence-corrected chi connectivity index (χ3v) is 3.45. The number of aromatic amines is 1. The quantitative estimate of drug-likeness (QED) is 0.696. The van der Waals surface area contributed by atoms with Crippen molar-refractivity contribution in [1.29, 1.82) is 0 Å². The number of hydrogen-bond donors (Lipinski definition) is 2. The molecule has 0 aliphatic heterocycles. The fourth-order valence-corrected chi connectivity index (χ4v) is 2.28. The van der Waals surface area contributed by atoms with Crippen LogP contribution in [0.2, 0.25) is 0 Å². The van der Waals surface area contributed by atoms with Crippen LogP contribution in [0.1, 0.15) is 48.7 Å². The van der Waals surface area contributed by atoms with Crippen molar-refractivity contribution in [3.8, 4) is 11.3 Å². The Morgan fingerprint density at radius 3 is 2.82 bits per heavy atom. The van der Waals surface area contributed by atoms with E-state index in [-0.39, 0.29) is 5.69 Å². The van der Waals surface area contributed by atoms with E-state index in [4.69, 9.17) is 10.5 Å². The summed E-state index contributed by atoms with van der Waals surface area (Å²) in [6.45, 7) is 3.40. The van der Waals surface area contributed by atoms with Gasteiger partial charge >= 0.3 is 0 Å². The Hall–Kier alpha value is -2.21. The zero-order valence-corrected chi connectivity index (χ0v) is 12.8. The smallest absolute Gasteiger partial charge is 0.271 e. The Bertz CT molecular complexity index is 610. The predicted octanol–water partition coefficient (Wildman–Crippen LogP) is 2.67. The van der Waals surface area contributed by atoms with Gasteiger partial charge in [-0.05, 0) is 12.0 Å². The SMILES string of the molecule is CCCCCCOCc1ccccc1-c1n[nH]nc1C(N)=O. The van der Waals surface area contributed by atoms with Gasteiger partial charge in [0.2, 0.25) is 0 Å². The second kappa shape index (κ2) is 8.29. The van der Waals surface area contributed by atoms with Crippen LogP contribution in [0, 0.1) is 0 Å². The number of nitrogens with one attached hydrogen (secondary N) is 1. The average Bonchev–Trinajstić information content (AvgIpc) is 3.01. The average molecular weight is 302 g/mol. The van der Waals surface area contributed by atoms with Crippen LogP contribution in [0.5, 0.6) is 0 Å². The van der Waals surface area contributed by atoms with Crippen LogP contribution in [-0.2, 0) is 11.3 Å². The van der Waals surface area contributed by atoms with E-state index < -0.39 is 5.91 Å². The minimum atomic E-state index is -0.598. The van der Waals surface area contributed by atoms with E-state index in [1.54, 1.807) is 0 Å². The van der Waals surface area contributed by atoms with Gasteiger partial charge in [0.05, 0.1) is 6.61 Å². The number of hydrogen-bond acceptors (Lipinski definition) is 4. The van der Waals surface area contributed by atoms with Crippen molar-refractivity contribution in [2.24, 2.45) is 5.73 Å². The molecule has 0 atom stereocenters. The Balaban J connectivity index is 2.04. The molecule has 1 heterocycles. The van der Waals surface area contributed by atoms with Gasteiger partial charge in [-0.25, -0.2) is 0 Å². The van der Waals surface area contributed by atoms with Crippen LogP contribution in [0.4, 0.5) is 0 Å². The number of nitrogens with zero attached hydrogens (tertiary/aromatic N) is 2. The molecule has 1 aromatic heterocycles. The van der Waals surface area contributed by atoms with Gasteiger partial charge in [-0.1, -0.05) is 50.5 Å². The van der Waals surface area contributed by atoms with Crippen LogP contribution in [-0.4, -0.2) is 27.9 Å². The molecule has 0 aliphatic rings. The molecular weight excluding hydrogens is 280 g/mol. The number of carbonyl (C=O) groups is 1. The van der Waals surface area contributed by atoms with Crippen molar-refractivity contribution in [1.82, 2.24) is 15.4 Å². The number of ether oxygens (including phenoxy) is 1. The van der Waals surface area contributed by atoms with Gasteiger partial charge in [0, 0.05) is 12.2 Å². The highest BCUT2D eigenvalue weighted by atomic mass is 16.5. The van der Waals surface area contributed by atoms with Crippen molar-refractivity contribution in [2.75, 3.05) is 6.61 Å². The first-order valence-corrected chi connectivity index (χ1v) is 7.60. The number of aromatic nitrogens is 3. The summed E-state index contributed by atoms with van der Waals surface area (Å²) >= 11 is 0. The maximum Gasteiger partial charge on any atom is 0.271 e. The van der Waals surface area contributed by atoms with Crippen molar-refractivity contribution < 1.29 is 9.53 Å². The van der Waals surface area contributed by atoms with Gasteiger partial charge in [-0.3, -0.25) is 4.79 Å². The topological polar surface area (TPSA) is 93.9 Å². The molecule has 1 amide bonds. The number of benzene rings is 1. The fourth-order valence-electron chi connectivity index (χ4n) is 2.28. The van der Waals surface area contributed by atoms with Crippen molar-refractivity contribution in [3.05, 3.63) is 35.5 Å². The lowest BCUT2D eigenvalue weighted by atomic mass is 10.0. The van der Waals surface area contributed by atoms with Crippen molar-refractivity contribution in [2.45, 2.75) is 39.2 Å². The molecule has 3 N–H and O–H groups in total. The molecule has 6 nitrogen and oxygen atoms in total. The van der Waals surface area contributed by atoms with Gasteiger partial charge in [0.15, 0.2) is 5.69 Å². The number of H-pyrrole nitrogens is 1. The molecule has 2 rings (SSSR count). The Morgan fingerprint density at radius 2 is 2.05 bits per heavy atom. The molecule has 0 unspecified atom stereocenters. The Morgan fingerprint density at radius 1 is 1.23 bits per heavy atom. The standard InChI is InChI=1S/C16H22N4O2/c1-2-3-4-7-10-22-11-12-8-5-6-9-13(12)14-15(16(17)21)19-20-18-14/h5-6,8-9H,2-4,7,10-11H2,1H3,(H2,17,21)(H,18,19,20). The van der Waals surface area contributed by atoms with Crippen molar-refractivity contribution in [3.63, 3.8) is 0 Å². The maximum absolute atomic E-state index is 11.4. The third kappa shape index (κ3) is 4.14. The van der Waals surface area contributed by atoms with Gasteiger partial charge < -0.3 is 10.5 Å². The highest BCUT2D eigenvalue weighted by Gasteiger charge is 2.17. The highest BCUT2D eigenvalue weighted by Crippen LogP contribution is 2.24. The van der Waals surface area contributed by atoms with E-state index in [2.05, 4.69) is 22.3 Å². The van der Waals surface area contributed by atoms with E-state index in [0.717, 1.165) is 24.2 Å². The molecule has 0 fully saturated rings. The monoisotopic (exact) mass is 302 g/mol. The summed E-state index contributed by atoms with van der Waals surface area (Å²) in [6.07, 6.45) is 4.70. The van der Waals surface area contributed by atoms with Crippen LogP contribution in [0.15, 0.2) is 24.3 Å². The normalized spacial score (nSPS) is 10.8. The van der Waals surface area contributed by atoms with Gasteiger partial charge in [-0.15, -0.1) is 0 Å². The first kappa shape index (κ1) is 16.2. The Labute approximate surface area is 130 Å². The molecule has 6 heteroatoms. The van der Waals surface area contributed by atoms with Crippen LogP contribution in [0.3, 0.4) is 0 Å². The summed E-state index contributed by atoms with van der Waals surface area (Å²) in [6, 6.07) is 7.67. The number of carbonyl (C=O) groups excluding carboxylic acids is 1. The van der Waals surface area contributed by atoms with Gasteiger partial charge in [0.25, 0.3) is 5.91 Å². The molecular formula is C16H22N4O2. The maximum atomic E-state index is 11.4. The molecule has 0 bridgehead atoms. The lowest BCUT2D eigenvalue weighted by molar-refractivity contribution is 0.0996. The molecule has 0 spiro atoms. The lowest BCUT2D eigenvalue weighted by Crippen LogP contribution is -2.13. The summed E-state index contributed by atoms with van der Waals surface area (Å²) in [4.78, 5) is 11.4. The largest absolute Gasteiger partial charge is 0.377 e. The molecule has 1 aromatic carbocycles. The van der Waals surface area contributed by atoms with E-state index in [1.165, 1.54) is 19.3 Å². The van der Waals surface area contributed by atoms with Gasteiger partial charge in [0.1, 0.15) is 5.69 Å². The van der Waals surface area contributed by atoms with E-state index in [1.807, 2.05) is 24.3 Å². The van der Waals surface area contributed by atoms with E-state index in [9.17, 15) is 4.79 Å². The highest BCUT2D eigenvalue weighted by molar-refractivity contribution is 5.96. The molecule has 0 aliphatic carbocycles. The first-order valence-electron chi connectivity index (χ1n) is 7.60. The summed E-state index contributed by atoms with van der Waals surface area (Å²) in [5.41, 5.74) is 7.73. The number of unbranched alkanes of at least 4 members (excludes halogenated alkanes) is 3. The molecule has 118 valence electrons. The van der Waals surface area contributed by atoms with E-state index >= 15 is 0 Å². The summed E-state index contributed by atoms with van der Waals surface area (Å²) in [5, 5.41) is 10.3. The zero-order chi connectivity index (χ0) is 15.8. The molecule has 0 saturated heterocycles. The summed E-state index contributed by atoms with van der Waals surface area (Å²) in [7, 11) is 0.